The first-order valence-corrected chi connectivity index (χ1v) is 7.26. The van der Waals surface area contributed by atoms with E-state index in [9.17, 15) is 9.59 Å². The minimum absolute atomic E-state index is 0.0518. The first kappa shape index (κ1) is 15.5. The van der Waals surface area contributed by atoms with Gasteiger partial charge in [-0.3, -0.25) is 14.6 Å². The second-order valence-electron chi connectivity index (χ2n) is 6.54. The van der Waals surface area contributed by atoms with E-state index in [2.05, 4.69) is 10.3 Å². The lowest BCUT2D eigenvalue weighted by Crippen LogP contribution is -2.68. The van der Waals surface area contributed by atoms with Crippen LogP contribution in [0.1, 0.15) is 38.8 Å². The highest BCUT2D eigenvalue weighted by atomic mass is 16.2. The van der Waals surface area contributed by atoms with Crippen molar-refractivity contribution in [3.63, 3.8) is 0 Å². The van der Waals surface area contributed by atoms with Gasteiger partial charge >= 0.3 is 0 Å². The predicted octanol–water partition coefficient (Wildman–Crippen LogP) is 1.65. The van der Waals surface area contributed by atoms with E-state index in [1.807, 2.05) is 26.8 Å². The Morgan fingerprint density at radius 2 is 2.05 bits per heavy atom. The van der Waals surface area contributed by atoms with Gasteiger partial charge in [0.15, 0.2) is 0 Å². The molecule has 1 saturated heterocycles. The van der Waals surface area contributed by atoms with Gasteiger partial charge in [-0.25, -0.2) is 0 Å². The highest BCUT2D eigenvalue weighted by Gasteiger charge is 2.46. The van der Waals surface area contributed by atoms with Crippen LogP contribution >= 0.6 is 0 Å². The lowest BCUT2D eigenvalue weighted by Gasteiger charge is -2.44. The van der Waals surface area contributed by atoms with Gasteiger partial charge in [0.25, 0.3) is 0 Å². The van der Waals surface area contributed by atoms with Crippen LogP contribution in [-0.4, -0.2) is 33.3 Å². The molecule has 2 amide bonds. The fourth-order valence-electron chi connectivity index (χ4n) is 2.74. The zero-order valence-electron chi connectivity index (χ0n) is 13.3. The molecule has 1 unspecified atom stereocenters. The van der Waals surface area contributed by atoms with Crippen molar-refractivity contribution in [2.75, 3.05) is 0 Å². The Hall–Kier alpha value is -1.91. The third-order valence-electron chi connectivity index (χ3n) is 3.96. The molecular weight excluding hydrogens is 266 g/mol. The summed E-state index contributed by atoms with van der Waals surface area (Å²) in [6.07, 6.45) is 3.49. The molecule has 1 fully saturated rings. The molecule has 0 spiro atoms. The van der Waals surface area contributed by atoms with Crippen molar-refractivity contribution in [3.8, 4) is 0 Å². The van der Waals surface area contributed by atoms with Gasteiger partial charge in [0.2, 0.25) is 11.8 Å². The number of pyridine rings is 1. The molecule has 0 radical (unpaired) electrons. The van der Waals surface area contributed by atoms with E-state index in [-0.39, 0.29) is 17.7 Å². The summed E-state index contributed by atoms with van der Waals surface area (Å²) < 4.78 is 0. The molecule has 114 valence electrons. The van der Waals surface area contributed by atoms with Crippen LogP contribution < -0.4 is 5.32 Å². The molecule has 1 atom stereocenters. The maximum Gasteiger partial charge on any atom is 0.248 e. The molecule has 2 heterocycles. The SMILES string of the molecule is Cc1ccncc1CN1C(=O)C(C)(C)NC(=O)C1C(C)C. The molecule has 21 heavy (non-hydrogen) atoms. The van der Waals surface area contributed by atoms with Crippen LogP contribution in [0.25, 0.3) is 0 Å². The zero-order valence-corrected chi connectivity index (χ0v) is 13.3. The summed E-state index contributed by atoms with van der Waals surface area (Å²) in [4.78, 5) is 30.9. The van der Waals surface area contributed by atoms with E-state index in [1.54, 1.807) is 31.1 Å². The average Bonchev–Trinajstić information content (AvgIpc) is 2.37. The first-order chi connectivity index (χ1) is 9.74. The quantitative estimate of drug-likeness (QED) is 0.920. The van der Waals surface area contributed by atoms with Crippen molar-refractivity contribution in [1.82, 2.24) is 15.2 Å². The van der Waals surface area contributed by atoms with Crippen LogP contribution in [-0.2, 0) is 16.1 Å². The molecule has 1 N–H and O–H groups in total. The predicted molar refractivity (Wildman–Crippen MR) is 80.4 cm³/mol. The molecule has 5 heteroatoms. The number of nitrogens with one attached hydrogen (secondary N) is 1. The van der Waals surface area contributed by atoms with Crippen LogP contribution in [0.15, 0.2) is 18.5 Å². The summed E-state index contributed by atoms with van der Waals surface area (Å²) in [6, 6.07) is 1.48. The van der Waals surface area contributed by atoms with Gasteiger partial charge in [0.1, 0.15) is 11.6 Å². The summed E-state index contributed by atoms with van der Waals surface area (Å²) in [6.45, 7) is 9.80. The number of hydrogen-bond donors (Lipinski definition) is 1. The van der Waals surface area contributed by atoms with Crippen LogP contribution in [0.5, 0.6) is 0 Å². The van der Waals surface area contributed by atoms with E-state index < -0.39 is 11.6 Å². The topological polar surface area (TPSA) is 62.3 Å². The normalized spacial score (nSPS) is 21.6. The molecule has 5 nitrogen and oxygen atoms in total. The molecule has 1 aliphatic rings. The second kappa shape index (κ2) is 5.47. The Labute approximate surface area is 125 Å². The van der Waals surface area contributed by atoms with Gasteiger partial charge < -0.3 is 10.2 Å². The summed E-state index contributed by atoms with van der Waals surface area (Å²) in [5.74, 6) is -0.0813. The van der Waals surface area contributed by atoms with Crippen molar-refractivity contribution in [1.29, 1.82) is 0 Å². The Morgan fingerprint density at radius 1 is 1.38 bits per heavy atom. The summed E-state index contributed by atoms with van der Waals surface area (Å²) >= 11 is 0. The second-order valence-corrected chi connectivity index (χ2v) is 6.54. The fraction of sp³-hybridized carbons (Fsp3) is 0.562. The van der Waals surface area contributed by atoms with E-state index >= 15 is 0 Å². The van der Waals surface area contributed by atoms with Crippen LogP contribution in [0.2, 0.25) is 0 Å². The Balaban J connectivity index is 2.37. The number of piperazine rings is 1. The van der Waals surface area contributed by atoms with E-state index in [4.69, 9.17) is 0 Å². The number of carbonyl (C=O) groups excluding carboxylic acids is 2. The van der Waals surface area contributed by atoms with Gasteiger partial charge in [-0.05, 0) is 43.9 Å². The van der Waals surface area contributed by atoms with E-state index in [1.165, 1.54) is 0 Å². The van der Waals surface area contributed by atoms with Crippen molar-refractivity contribution in [2.24, 2.45) is 5.92 Å². The minimum atomic E-state index is -0.863. The van der Waals surface area contributed by atoms with Gasteiger partial charge in [0.05, 0.1) is 0 Å². The van der Waals surface area contributed by atoms with Gasteiger partial charge in [-0.2, -0.15) is 0 Å². The number of carbonyl (C=O) groups is 2. The number of nitrogens with zero attached hydrogens (tertiary/aromatic N) is 2. The third kappa shape index (κ3) is 2.91. The molecule has 0 saturated carbocycles. The summed E-state index contributed by atoms with van der Waals surface area (Å²) in [5.41, 5.74) is 1.18. The lowest BCUT2D eigenvalue weighted by molar-refractivity contribution is -0.156. The minimum Gasteiger partial charge on any atom is -0.340 e. The van der Waals surface area contributed by atoms with Crippen molar-refractivity contribution < 1.29 is 9.59 Å². The Morgan fingerprint density at radius 3 is 2.62 bits per heavy atom. The maximum atomic E-state index is 12.7. The standard InChI is InChI=1S/C16H23N3O2/c1-10(2)13-14(20)18-16(4,5)15(21)19(13)9-12-8-17-7-6-11(12)3/h6-8,10,13H,9H2,1-5H3,(H,18,20). The first-order valence-electron chi connectivity index (χ1n) is 7.26. The smallest absolute Gasteiger partial charge is 0.248 e. The van der Waals surface area contributed by atoms with Gasteiger partial charge in [-0.1, -0.05) is 13.8 Å². The molecule has 1 aliphatic heterocycles. The molecular formula is C16H23N3O2. The monoisotopic (exact) mass is 289 g/mol. The zero-order chi connectivity index (χ0) is 15.8. The van der Waals surface area contributed by atoms with Crippen molar-refractivity contribution in [3.05, 3.63) is 29.6 Å². The summed E-state index contributed by atoms with van der Waals surface area (Å²) in [7, 11) is 0. The number of aromatic nitrogens is 1. The molecule has 0 bridgehead atoms. The average molecular weight is 289 g/mol. The lowest BCUT2D eigenvalue weighted by atomic mass is 9.91. The third-order valence-corrected chi connectivity index (χ3v) is 3.96. The van der Waals surface area contributed by atoms with Crippen molar-refractivity contribution in [2.45, 2.75) is 52.7 Å². The molecule has 2 rings (SSSR count). The van der Waals surface area contributed by atoms with Crippen LogP contribution in [0.3, 0.4) is 0 Å². The Kier molecular flexibility index (Phi) is 4.03. The summed E-state index contributed by atoms with van der Waals surface area (Å²) in [5, 5.41) is 2.82. The molecule has 1 aromatic heterocycles. The highest BCUT2D eigenvalue weighted by Crippen LogP contribution is 2.25. The highest BCUT2D eigenvalue weighted by molar-refractivity contribution is 5.99. The number of rotatable bonds is 3. The fourth-order valence-corrected chi connectivity index (χ4v) is 2.74. The Bertz CT molecular complexity index is 566. The van der Waals surface area contributed by atoms with Crippen LogP contribution in [0, 0.1) is 12.8 Å². The number of hydrogen-bond acceptors (Lipinski definition) is 3. The largest absolute Gasteiger partial charge is 0.340 e. The maximum absolute atomic E-state index is 12.7. The van der Waals surface area contributed by atoms with E-state index in [0.29, 0.717) is 6.54 Å². The van der Waals surface area contributed by atoms with E-state index in [0.717, 1.165) is 11.1 Å². The molecule has 0 aromatic carbocycles. The van der Waals surface area contributed by atoms with Gasteiger partial charge in [-0.15, -0.1) is 0 Å². The molecule has 1 aromatic rings. The van der Waals surface area contributed by atoms with Gasteiger partial charge in [0, 0.05) is 18.9 Å². The van der Waals surface area contributed by atoms with Crippen molar-refractivity contribution >= 4 is 11.8 Å². The number of amides is 2. The molecule has 0 aliphatic carbocycles. The number of aryl methyl sites for hydroxylation is 1. The van der Waals surface area contributed by atoms with Crippen LogP contribution in [0.4, 0.5) is 0 Å².